The highest BCUT2D eigenvalue weighted by molar-refractivity contribution is 6.09. The van der Waals surface area contributed by atoms with Crippen LogP contribution in [-0.4, -0.2) is 20.6 Å². The third kappa shape index (κ3) is 3.20. The maximum Gasteiger partial charge on any atom is 0.273 e. The number of anilines is 1. The number of nitrogens with one attached hydrogen (secondary N) is 1. The molecule has 2 N–H and O–H groups in total. The number of hydrogen-bond donors (Lipinski definition) is 2. The molecule has 1 amide bonds. The van der Waals surface area contributed by atoms with Crippen LogP contribution in [0.25, 0.3) is 16.7 Å². The van der Waals surface area contributed by atoms with Gasteiger partial charge < -0.3 is 10.4 Å². The van der Waals surface area contributed by atoms with Gasteiger partial charge in [-0.3, -0.25) is 14.2 Å². The molecule has 0 aliphatic rings. The number of pyridine rings is 2. The summed E-state index contributed by atoms with van der Waals surface area (Å²) in [4.78, 5) is 30.5. The predicted molar refractivity (Wildman–Crippen MR) is 113 cm³/mol. The molecule has 7 heteroatoms. The summed E-state index contributed by atoms with van der Waals surface area (Å²) in [7, 11) is 0. The minimum Gasteiger partial charge on any atom is -0.506 e. The maximum absolute atomic E-state index is 13.8. The van der Waals surface area contributed by atoms with Crippen molar-refractivity contribution in [2.45, 2.75) is 13.8 Å². The molecule has 0 aliphatic carbocycles. The van der Waals surface area contributed by atoms with Crippen LogP contribution in [0.3, 0.4) is 0 Å². The second kappa shape index (κ2) is 7.44. The SMILES string of the molecule is Cc1cccc(NC(=O)c2c(O)c3cccnc3n(-c3cccc(F)c3)c2=O)c1C. The van der Waals surface area contributed by atoms with Crippen LogP contribution in [0.5, 0.6) is 5.75 Å². The van der Waals surface area contributed by atoms with Crippen molar-refractivity contribution in [1.82, 2.24) is 9.55 Å². The van der Waals surface area contributed by atoms with Gasteiger partial charge in [-0.2, -0.15) is 0 Å². The fourth-order valence-corrected chi connectivity index (χ4v) is 3.33. The first-order chi connectivity index (χ1) is 14.4. The van der Waals surface area contributed by atoms with Crippen molar-refractivity contribution in [2.75, 3.05) is 5.32 Å². The van der Waals surface area contributed by atoms with Crippen molar-refractivity contribution >= 4 is 22.6 Å². The molecule has 0 fully saturated rings. The molecule has 0 bridgehead atoms. The summed E-state index contributed by atoms with van der Waals surface area (Å²) < 4.78 is 14.9. The van der Waals surface area contributed by atoms with E-state index in [4.69, 9.17) is 0 Å². The van der Waals surface area contributed by atoms with Crippen LogP contribution in [0.1, 0.15) is 21.5 Å². The van der Waals surface area contributed by atoms with E-state index in [0.717, 1.165) is 15.7 Å². The summed E-state index contributed by atoms with van der Waals surface area (Å²) in [5, 5.41) is 13.6. The number of halogens is 1. The summed E-state index contributed by atoms with van der Waals surface area (Å²) in [5.74, 6) is -1.78. The Morgan fingerprint density at radius 3 is 2.63 bits per heavy atom. The fourth-order valence-electron chi connectivity index (χ4n) is 3.33. The second-order valence-corrected chi connectivity index (χ2v) is 6.92. The average Bonchev–Trinajstić information content (AvgIpc) is 2.72. The van der Waals surface area contributed by atoms with Crippen LogP contribution < -0.4 is 10.9 Å². The molecular weight excluding hydrogens is 385 g/mol. The number of aryl methyl sites for hydroxylation is 1. The number of carbonyl (C=O) groups is 1. The number of amides is 1. The number of nitrogens with zero attached hydrogens (tertiary/aromatic N) is 2. The van der Waals surface area contributed by atoms with Crippen LogP contribution in [-0.2, 0) is 0 Å². The first kappa shape index (κ1) is 19.3. The van der Waals surface area contributed by atoms with Gasteiger partial charge in [-0.15, -0.1) is 0 Å². The van der Waals surface area contributed by atoms with Gasteiger partial charge in [-0.25, -0.2) is 9.37 Å². The molecule has 30 heavy (non-hydrogen) atoms. The lowest BCUT2D eigenvalue weighted by atomic mass is 10.1. The molecular formula is C23H18FN3O3. The van der Waals surface area contributed by atoms with Crippen LogP contribution in [0.4, 0.5) is 10.1 Å². The molecule has 6 nitrogen and oxygen atoms in total. The highest BCUT2D eigenvalue weighted by Gasteiger charge is 2.24. The van der Waals surface area contributed by atoms with Gasteiger partial charge >= 0.3 is 0 Å². The molecule has 0 saturated carbocycles. The van der Waals surface area contributed by atoms with Gasteiger partial charge in [0.1, 0.15) is 17.1 Å². The molecule has 0 saturated heterocycles. The molecule has 2 aromatic carbocycles. The molecule has 0 unspecified atom stereocenters. The smallest absolute Gasteiger partial charge is 0.273 e. The van der Waals surface area contributed by atoms with E-state index in [1.807, 2.05) is 19.9 Å². The van der Waals surface area contributed by atoms with E-state index in [0.29, 0.717) is 5.69 Å². The number of rotatable bonds is 3. The van der Waals surface area contributed by atoms with Crippen molar-refractivity contribution in [2.24, 2.45) is 0 Å². The Kier molecular flexibility index (Phi) is 4.79. The minimum absolute atomic E-state index is 0.119. The highest BCUT2D eigenvalue weighted by Crippen LogP contribution is 2.28. The Hall–Kier alpha value is -4.00. The lowest BCUT2D eigenvalue weighted by molar-refractivity contribution is 0.102. The third-order valence-electron chi connectivity index (χ3n) is 5.05. The van der Waals surface area contributed by atoms with Gasteiger partial charge in [0, 0.05) is 11.9 Å². The Morgan fingerprint density at radius 2 is 1.87 bits per heavy atom. The lowest BCUT2D eigenvalue weighted by Crippen LogP contribution is -2.29. The van der Waals surface area contributed by atoms with Crippen molar-refractivity contribution in [3.8, 4) is 11.4 Å². The monoisotopic (exact) mass is 403 g/mol. The van der Waals surface area contributed by atoms with Gasteiger partial charge in [0.05, 0.1) is 11.1 Å². The van der Waals surface area contributed by atoms with Gasteiger partial charge in [0.15, 0.2) is 5.65 Å². The normalized spacial score (nSPS) is 10.9. The predicted octanol–water partition coefficient (Wildman–Crippen LogP) is 4.10. The molecule has 150 valence electrons. The molecule has 4 aromatic rings. The van der Waals surface area contributed by atoms with Crippen LogP contribution in [0.2, 0.25) is 0 Å². The van der Waals surface area contributed by atoms with Crippen molar-refractivity contribution in [3.05, 3.63) is 93.7 Å². The summed E-state index contributed by atoms with van der Waals surface area (Å²) in [6.07, 6.45) is 1.45. The Labute approximate surface area is 171 Å². The van der Waals surface area contributed by atoms with E-state index in [-0.39, 0.29) is 16.7 Å². The van der Waals surface area contributed by atoms with Crippen molar-refractivity contribution < 1.29 is 14.3 Å². The summed E-state index contributed by atoms with van der Waals surface area (Å²) in [6.45, 7) is 3.75. The topological polar surface area (TPSA) is 84.2 Å². The summed E-state index contributed by atoms with van der Waals surface area (Å²) in [6, 6.07) is 13.9. The third-order valence-corrected chi connectivity index (χ3v) is 5.05. The first-order valence-corrected chi connectivity index (χ1v) is 9.24. The van der Waals surface area contributed by atoms with E-state index < -0.39 is 28.6 Å². The number of carbonyl (C=O) groups excluding carboxylic acids is 1. The molecule has 2 aromatic heterocycles. The quantitative estimate of drug-likeness (QED) is 0.539. The Bertz CT molecular complexity index is 1360. The van der Waals surface area contributed by atoms with Gasteiger partial charge in [-0.05, 0) is 61.4 Å². The molecule has 0 atom stereocenters. The van der Waals surface area contributed by atoms with Crippen LogP contribution >= 0.6 is 0 Å². The standard InChI is InChI=1S/C23H18FN3O3/c1-13-6-3-10-18(14(13)2)26-22(29)19-20(28)17-9-5-11-25-21(17)27(23(19)30)16-8-4-7-15(24)12-16/h3-12,28H,1-2H3,(H,26,29). The van der Waals surface area contributed by atoms with Crippen molar-refractivity contribution in [1.29, 1.82) is 0 Å². The minimum atomic E-state index is -0.799. The van der Waals surface area contributed by atoms with E-state index in [1.54, 1.807) is 24.3 Å². The second-order valence-electron chi connectivity index (χ2n) is 6.92. The summed E-state index contributed by atoms with van der Waals surface area (Å²) in [5.41, 5.74) is 1.42. The zero-order chi connectivity index (χ0) is 21.4. The zero-order valence-corrected chi connectivity index (χ0v) is 16.3. The van der Waals surface area contributed by atoms with Crippen LogP contribution in [0.15, 0.2) is 65.6 Å². The number of hydrogen-bond acceptors (Lipinski definition) is 4. The average molecular weight is 403 g/mol. The van der Waals surface area contributed by atoms with Crippen LogP contribution in [0, 0.1) is 19.7 Å². The molecule has 2 heterocycles. The van der Waals surface area contributed by atoms with E-state index >= 15 is 0 Å². The lowest BCUT2D eigenvalue weighted by Gasteiger charge is -2.15. The maximum atomic E-state index is 13.8. The van der Waals surface area contributed by atoms with Gasteiger partial charge in [0.25, 0.3) is 11.5 Å². The Morgan fingerprint density at radius 1 is 1.10 bits per heavy atom. The largest absolute Gasteiger partial charge is 0.506 e. The van der Waals surface area contributed by atoms with Gasteiger partial charge in [-0.1, -0.05) is 18.2 Å². The number of aromatic hydroxyl groups is 1. The first-order valence-electron chi connectivity index (χ1n) is 9.24. The van der Waals surface area contributed by atoms with Gasteiger partial charge in [0.2, 0.25) is 0 Å². The molecule has 0 radical (unpaired) electrons. The Balaban J connectivity index is 1.96. The summed E-state index contributed by atoms with van der Waals surface area (Å²) >= 11 is 0. The van der Waals surface area contributed by atoms with Crippen molar-refractivity contribution in [3.63, 3.8) is 0 Å². The van der Waals surface area contributed by atoms with E-state index in [1.165, 1.54) is 30.5 Å². The van der Waals surface area contributed by atoms with E-state index in [9.17, 15) is 19.1 Å². The number of fused-ring (bicyclic) bond motifs is 1. The number of aromatic nitrogens is 2. The fraction of sp³-hybridized carbons (Fsp3) is 0.0870. The zero-order valence-electron chi connectivity index (χ0n) is 16.3. The highest BCUT2D eigenvalue weighted by atomic mass is 19.1. The van der Waals surface area contributed by atoms with E-state index in [2.05, 4.69) is 10.3 Å². The number of benzene rings is 2. The molecule has 0 aliphatic heterocycles. The molecule has 0 spiro atoms. The molecule has 4 rings (SSSR count).